The number of hydrogen-bond acceptors (Lipinski definition) is 1. The molecule has 0 amide bonds. The van der Waals surface area contributed by atoms with E-state index in [1.807, 2.05) is 11.3 Å². The number of nitrogens with zero attached hydrogens (tertiary/aromatic N) is 1. The van der Waals surface area contributed by atoms with Crippen molar-refractivity contribution in [3.8, 4) is 50.2 Å². The molecule has 8 aromatic carbocycles. The van der Waals surface area contributed by atoms with Crippen LogP contribution in [0.2, 0.25) is 0 Å². The maximum Gasteiger partial charge on any atom is 0.0622 e. The van der Waals surface area contributed by atoms with Crippen LogP contribution in [-0.4, -0.2) is 4.57 Å². The Morgan fingerprint density at radius 3 is 1.98 bits per heavy atom. The van der Waals surface area contributed by atoms with E-state index in [0.717, 1.165) is 0 Å². The molecule has 0 atom stereocenters. The Bertz CT molecular complexity index is 3140. The van der Waals surface area contributed by atoms with Gasteiger partial charge in [-0.3, -0.25) is 0 Å². The summed E-state index contributed by atoms with van der Waals surface area (Å²) in [5.41, 5.74) is 17.2. The Morgan fingerprint density at radius 2 is 1.12 bits per heavy atom. The first kappa shape index (κ1) is 27.8. The molecule has 0 saturated carbocycles. The lowest BCUT2D eigenvalue weighted by molar-refractivity contribution is 0.661. The molecule has 0 fully saturated rings. The van der Waals surface area contributed by atoms with E-state index in [0.29, 0.717) is 0 Å². The van der Waals surface area contributed by atoms with E-state index < -0.39 is 0 Å². The van der Waals surface area contributed by atoms with E-state index >= 15 is 0 Å². The summed E-state index contributed by atoms with van der Waals surface area (Å²) in [4.78, 5) is 0. The van der Waals surface area contributed by atoms with Crippen molar-refractivity contribution in [3.63, 3.8) is 0 Å². The zero-order valence-electron chi connectivity index (χ0n) is 28.3. The molecule has 2 aliphatic rings. The topological polar surface area (TPSA) is 4.93 Å². The summed E-state index contributed by atoms with van der Waals surface area (Å²) in [6, 6.07) is 57.2. The molecule has 0 N–H and O–H groups in total. The van der Waals surface area contributed by atoms with Crippen LogP contribution in [0.3, 0.4) is 0 Å². The van der Waals surface area contributed by atoms with Gasteiger partial charge in [-0.15, -0.1) is 11.3 Å². The summed E-state index contributed by atoms with van der Waals surface area (Å²) < 4.78 is 5.18. The highest BCUT2D eigenvalue weighted by molar-refractivity contribution is 7.25. The van der Waals surface area contributed by atoms with Crippen molar-refractivity contribution in [1.29, 1.82) is 0 Å². The first-order valence-corrected chi connectivity index (χ1v) is 18.7. The Morgan fingerprint density at radius 1 is 0.451 bits per heavy atom. The summed E-state index contributed by atoms with van der Waals surface area (Å²) in [5.74, 6) is 0. The van der Waals surface area contributed by atoms with E-state index in [1.54, 1.807) is 0 Å². The Kier molecular flexibility index (Phi) is 5.25. The minimum absolute atomic E-state index is 0.0588. The van der Waals surface area contributed by atoms with Gasteiger partial charge in [0.1, 0.15) is 0 Å². The quantitative estimate of drug-likeness (QED) is 0.173. The zero-order valence-corrected chi connectivity index (χ0v) is 29.1. The molecule has 0 unspecified atom stereocenters. The molecular formula is C49H31NS. The fourth-order valence-corrected chi connectivity index (χ4v) is 10.7. The lowest BCUT2D eigenvalue weighted by Gasteiger charge is -2.21. The summed E-state index contributed by atoms with van der Waals surface area (Å²) in [6.45, 7) is 4.75. The summed E-state index contributed by atoms with van der Waals surface area (Å²) in [6.07, 6.45) is 0. The third-order valence-electron chi connectivity index (χ3n) is 11.9. The van der Waals surface area contributed by atoms with Crippen LogP contribution in [0.25, 0.3) is 103 Å². The number of aromatic nitrogens is 1. The molecule has 12 rings (SSSR count). The van der Waals surface area contributed by atoms with E-state index in [-0.39, 0.29) is 5.41 Å². The van der Waals surface area contributed by atoms with Crippen molar-refractivity contribution in [2.75, 3.05) is 0 Å². The maximum absolute atomic E-state index is 2.54. The molecule has 0 radical (unpaired) electrons. The van der Waals surface area contributed by atoms with Gasteiger partial charge in [-0.2, -0.15) is 0 Å². The first-order valence-electron chi connectivity index (χ1n) is 17.9. The third kappa shape index (κ3) is 3.50. The molecule has 0 aliphatic heterocycles. The number of benzene rings is 8. The van der Waals surface area contributed by atoms with E-state index in [4.69, 9.17) is 0 Å². The second kappa shape index (κ2) is 9.63. The maximum atomic E-state index is 2.54. The molecule has 2 heterocycles. The van der Waals surface area contributed by atoms with Crippen molar-refractivity contribution in [3.05, 3.63) is 163 Å². The van der Waals surface area contributed by atoms with Gasteiger partial charge in [0.2, 0.25) is 0 Å². The summed E-state index contributed by atoms with van der Waals surface area (Å²) in [7, 11) is 0. The van der Waals surface area contributed by atoms with Crippen LogP contribution in [0.4, 0.5) is 0 Å². The van der Waals surface area contributed by atoms with Crippen LogP contribution in [-0.2, 0) is 5.41 Å². The Balaban J connectivity index is 1.10. The lowest BCUT2D eigenvalue weighted by Crippen LogP contribution is -2.14. The lowest BCUT2D eigenvalue weighted by atomic mass is 9.82. The van der Waals surface area contributed by atoms with Crippen molar-refractivity contribution in [2.24, 2.45) is 0 Å². The molecular weight excluding hydrogens is 635 g/mol. The van der Waals surface area contributed by atoms with Gasteiger partial charge < -0.3 is 4.57 Å². The van der Waals surface area contributed by atoms with Gasteiger partial charge >= 0.3 is 0 Å². The van der Waals surface area contributed by atoms with Crippen molar-refractivity contribution in [1.82, 2.24) is 4.57 Å². The SMILES string of the molecule is CC1(C)c2ccccc2-c2c1ccc1c3ccccc3n(-c3ccc4sc5ccc(-c6ccc7c8c(cccc68)-c6ccccc6-7)cc5c4c3)c21. The van der Waals surface area contributed by atoms with E-state index in [2.05, 4.69) is 170 Å². The molecule has 2 aromatic heterocycles. The molecule has 51 heavy (non-hydrogen) atoms. The molecule has 0 saturated heterocycles. The largest absolute Gasteiger partial charge is 0.309 e. The van der Waals surface area contributed by atoms with Crippen LogP contribution >= 0.6 is 11.3 Å². The molecule has 2 aliphatic carbocycles. The molecule has 1 nitrogen and oxygen atoms in total. The Hall–Kier alpha value is -5.96. The summed E-state index contributed by atoms with van der Waals surface area (Å²) >= 11 is 1.89. The minimum atomic E-state index is -0.0588. The van der Waals surface area contributed by atoms with Crippen molar-refractivity contribution in [2.45, 2.75) is 19.3 Å². The fraction of sp³-hybridized carbons (Fsp3) is 0.0612. The van der Waals surface area contributed by atoms with E-state index in [1.165, 1.54) is 114 Å². The smallest absolute Gasteiger partial charge is 0.0622 e. The molecule has 0 spiro atoms. The zero-order chi connectivity index (χ0) is 33.6. The van der Waals surface area contributed by atoms with Crippen LogP contribution in [0.15, 0.2) is 152 Å². The highest BCUT2D eigenvalue weighted by Gasteiger charge is 2.37. The Labute approximate surface area is 299 Å². The normalized spacial score (nSPS) is 13.8. The van der Waals surface area contributed by atoms with Gasteiger partial charge in [0.25, 0.3) is 0 Å². The molecule has 10 aromatic rings. The van der Waals surface area contributed by atoms with Gasteiger partial charge in [-0.25, -0.2) is 0 Å². The highest BCUT2D eigenvalue weighted by atomic mass is 32.1. The molecule has 2 heteroatoms. The van der Waals surface area contributed by atoms with Gasteiger partial charge in [-0.1, -0.05) is 129 Å². The van der Waals surface area contributed by atoms with Crippen molar-refractivity contribution < 1.29 is 0 Å². The van der Waals surface area contributed by atoms with Crippen LogP contribution in [0, 0.1) is 0 Å². The van der Waals surface area contributed by atoms with Crippen LogP contribution in [0.1, 0.15) is 25.0 Å². The van der Waals surface area contributed by atoms with Crippen LogP contribution in [0.5, 0.6) is 0 Å². The van der Waals surface area contributed by atoms with Gasteiger partial charge in [0.15, 0.2) is 0 Å². The van der Waals surface area contributed by atoms with E-state index in [9.17, 15) is 0 Å². The third-order valence-corrected chi connectivity index (χ3v) is 13.1. The van der Waals surface area contributed by atoms with Gasteiger partial charge in [0, 0.05) is 47.6 Å². The van der Waals surface area contributed by atoms with Crippen molar-refractivity contribution >= 4 is 64.1 Å². The molecule has 238 valence electrons. The monoisotopic (exact) mass is 665 g/mol. The number of fused-ring (bicyclic) bond motifs is 13. The standard InChI is InChI=1S/C49H31NS/c1-49(2)41-16-7-5-13-38(41)47-42(49)23-22-37-33-12-6-8-17-43(33)50(48(37)47)29-19-25-45-40(27-29)39-26-28(18-24-44(39)51-45)30-20-21-36-32-11-4-3-10-31(32)35-15-9-14-34(30)46(35)36/h3-27H,1-2H3. The average Bonchev–Trinajstić information content (AvgIpc) is 3.88. The number of thiophene rings is 1. The average molecular weight is 666 g/mol. The second-order valence-corrected chi connectivity index (χ2v) is 15.9. The number of para-hydroxylation sites is 1. The summed E-state index contributed by atoms with van der Waals surface area (Å²) in [5, 5.41) is 7.93. The predicted octanol–water partition coefficient (Wildman–Crippen LogP) is 13.9. The fourth-order valence-electron chi connectivity index (χ4n) is 9.64. The van der Waals surface area contributed by atoms with Crippen LogP contribution < -0.4 is 0 Å². The van der Waals surface area contributed by atoms with Gasteiger partial charge in [-0.05, 0) is 97.2 Å². The molecule has 0 bridgehead atoms. The first-order chi connectivity index (χ1) is 25.1. The number of hydrogen-bond donors (Lipinski definition) is 0. The number of rotatable bonds is 2. The highest BCUT2D eigenvalue weighted by Crippen LogP contribution is 2.53. The second-order valence-electron chi connectivity index (χ2n) is 14.8. The minimum Gasteiger partial charge on any atom is -0.309 e. The van der Waals surface area contributed by atoms with Gasteiger partial charge in [0.05, 0.1) is 11.0 Å². The predicted molar refractivity (Wildman–Crippen MR) is 219 cm³/mol.